The van der Waals surface area contributed by atoms with Crippen LogP contribution in [0.4, 0.5) is 0 Å². The molecule has 0 bridgehead atoms. The van der Waals surface area contributed by atoms with Crippen LogP contribution in [-0.4, -0.2) is 57.0 Å². The van der Waals surface area contributed by atoms with Crippen LogP contribution in [0.2, 0.25) is 0 Å². The molecule has 8 heteroatoms. The maximum Gasteiger partial charge on any atom is 0.193 e. The number of hydrogen-bond acceptors (Lipinski definition) is 4. The Morgan fingerprint density at radius 1 is 1.28 bits per heavy atom. The van der Waals surface area contributed by atoms with Crippen LogP contribution < -0.4 is 5.32 Å². The van der Waals surface area contributed by atoms with Crippen LogP contribution in [0.1, 0.15) is 25.0 Å². The van der Waals surface area contributed by atoms with Gasteiger partial charge in [0.15, 0.2) is 15.8 Å². The largest absolute Gasteiger partial charge is 0.380 e. The highest BCUT2D eigenvalue weighted by atomic mass is 127. The van der Waals surface area contributed by atoms with Gasteiger partial charge in [-0.15, -0.1) is 24.0 Å². The Morgan fingerprint density at radius 3 is 2.40 bits per heavy atom. The molecule has 0 radical (unpaired) electrons. The number of halogens is 1. The Bertz CT molecular complexity index is 688. The summed E-state index contributed by atoms with van der Waals surface area (Å²) in [6, 6.07) is 8.19. The molecule has 25 heavy (non-hydrogen) atoms. The minimum Gasteiger partial charge on any atom is -0.380 e. The predicted octanol–water partition coefficient (Wildman–Crippen LogP) is 2.04. The average Bonchev–Trinajstić information content (AvgIpc) is 2.53. The van der Waals surface area contributed by atoms with E-state index in [0.29, 0.717) is 26.2 Å². The van der Waals surface area contributed by atoms with Crippen molar-refractivity contribution in [3.8, 4) is 0 Å². The fraction of sp³-hybridized carbons (Fsp3) is 0.588. The number of hydrogen-bond donors (Lipinski definition) is 1. The average molecular weight is 481 g/mol. The molecule has 1 saturated heterocycles. The zero-order valence-corrected chi connectivity index (χ0v) is 18.4. The summed E-state index contributed by atoms with van der Waals surface area (Å²) in [5, 5.41) is 3.32. The number of nitrogens with zero attached hydrogens (tertiary/aromatic N) is 2. The van der Waals surface area contributed by atoms with Gasteiger partial charge in [-0.25, -0.2) is 8.42 Å². The van der Waals surface area contributed by atoms with Gasteiger partial charge in [0.1, 0.15) is 0 Å². The third-order valence-electron chi connectivity index (χ3n) is 4.34. The Morgan fingerprint density at radius 2 is 1.88 bits per heavy atom. The zero-order chi connectivity index (χ0) is 17.8. The number of guanidine groups is 1. The fourth-order valence-corrected chi connectivity index (χ4v) is 4.12. The topological polar surface area (TPSA) is 71.0 Å². The molecule has 2 rings (SSSR count). The smallest absolute Gasteiger partial charge is 0.193 e. The van der Waals surface area contributed by atoms with Gasteiger partial charge in [-0.3, -0.25) is 4.99 Å². The van der Waals surface area contributed by atoms with Crippen molar-refractivity contribution in [3.05, 3.63) is 35.4 Å². The summed E-state index contributed by atoms with van der Waals surface area (Å²) in [5.74, 6) is 0.894. The first kappa shape index (κ1) is 22.2. The van der Waals surface area contributed by atoms with E-state index in [9.17, 15) is 8.42 Å². The predicted molar refractivity (Wildman–Crippen MR) is 112 cm³/mol. The second kappa shape index (κ2) is 9.18. The van der Waals surface area contributed by atoms with Crippen molar-refractivity contribution >= 4 is 39.8 Å². The Balaban J connectivity index is 0.00000312. The molecule has 1 fully saturated rings. The summed E-state index contributed by atoms with van der Waals surface area (Å²) in [6.07, 6.45) is 0. The van der Waals surface area contributed by atoms with Gasteiger partial charge in [-0.1, -0.05) is 24.3 Å². The molecule has 1 aromatic carbocycles. The third kappa shape index (κ3) is 5.55. The standard InChI is InChI=1S/C17H27N3O3S.HI/c1-17(2)13-20(9-10-24(17,21)22)16(18-3)19-11-14-5-7-15(8-6-14)12-23-4;/h5-8H,9-13H2,1-4H3,(H,18,19);1H. The maximum absolute atomic E-state index is 12.1. The van der Waals surface area contributed by atoms with Crippen molar-refractivity contribution < 1.29 is 13.2 Å². The number of nitrogens with one attached hydrogen (secondary N) is 1. The Hall–Kier alpha value is -0.870. The van der Waals surface area contributed by atoms with E-state index in [1.165, 1.54) is 0 Å². The summed E-state index contributed by atoms with van der Waals surface area (Å²) in [7, 11) is 0.353. The van der Waals surface area contributed by atoms with Gasteiger partial charge in [0.05, 0.1) is 17.1 Å². The van der Waals surface area contributed by atoms with E-state index in [1.54, 1.807) is 28.0 Å². The van der Waals surface area contributed by atoms with Crippen LogP contribution in [0.15, 0.2) is 29.3 Å². The summed E-state index contributed by atoms with van der Waals surface area (Å²) < 4.78 is 28.6. The van der Waals surface area contributed by atoms with Gasteiger partial charge in [-0.05, 0) is 25.0 Å². The third-order valence-corrected chi connectivity index (χ3v) is 6.87. The molecule has 142 valence electrons. The molecule has 6 nitrogen and oxygen atoms in total. The van der Waals surface area contributed by atoms with Gasteiger partial charge < -0.3 is 15.0 Å². The van der Waals surface area contributed by atoms with Gasteiger partial charge in [0, 0.05) is 33.8 Å². The lowest BCUT2D eigenvalue weighted by Gasteiger charge is -2.39. The molecule has 0 atom stereocenters. The molecule has 0 saturated carbocycles. The molecule has 0 unspecified atom stereocenters. The minimum absolute atomic E-state index is 0. The van der Waals surface area contributed by atoms with E-state index in [4.69, 9.17) is 4.74 Å². The Kier molecular flexibility index (Phi) is 8.14. The lowest BCUT2D eigenvalue weighted by atomic mass is 10.1. The monoisotopic (exact) mass is 481 g/mol. The summed E-state index contributed by atoms with van der Waals surface area (Å²) in [5.41, 5.74) is 2.27. The highest BCUT2D eigenvalue weighted by Gasteiger charge is 2.40. The second-order valence-electron chi connectivity index (χ2n) is 6.65. The normalized spacial score (nSPS) is 19.2. The van der Waals surface area contributed by atoms with E-state index in [-0.39, 0.29) is 29.7 Å². The number of rotatable bonds is 4. The highest BCUT2D eigenvalue weighted by Crippen LogP contribution is 2.23. The van der Waals surface area contributed by atoms with Crippen LogP contribution in [0.5, 0.6) is 0 Å². The highest BCUT2D eigenvalue weighted by molar-refractivity contribution is 14.0. The van der Waals surface area contributed by atoms with Crippen molar-refractivity contribution in [1.29, 1.82) is 0 Å². The summed E-state index contributed by atoms with van der Waals surface area (Å²) in [6.45, 7) is 5.71. The first-order valence-electron chi connectivity index (χ1n) is 8.04. The second-order valence-corrected chi connectivity index (χ2v) is 9.39. The zero-order valence-electron chi connectivity index (χ0n) is 15.3. The van der Waals surface area contributed by atoms with Crippen LogP contribution in [-0.2, 0) is 27.7 Å². The van der Waals surface area contributed by atoms with E-state index in [0.717, 1.165) is 17.1 Å². The molecule has 0 amide bonds. The SMILES string of the molecule is CN=C(NCc1ccc(COC)cc1)N1CCS(=O)(=O)C(C)(C)C1.I. The molecule has 1 aliphatic rings. The first-order valence-corrected chi connectivity index (χ1v) is 9.69. The van der Waals surface area contributed by atoms with Crippen LogP contribution >= 0.6 is 24.0 Å². The van der Waals surface area contributed by atoms with Crippen molar-refractivity contribution in [1.82, 2.24) is 10.2 Å². The first-order chi connectivity index (χ1) is 11.3. The van der Waals surface area contributed by atoms with Crippen LogP contribution in [0, 0.1) is 0 Å². The molecule has 0 aliphatic carbocycles. The molecule has 1 aliphatic heterocycles. The van der Waals surface area contributed by atoms with Crippen LogP contribution in [0.25, 0.3) is 0 Å². The van der Waals surface area contributed by atoms with E-state index < -0.39 is 14.6 Å². The lowest BCUT2D eigenvalue weighted by molar-refractivity contribution is 0.185. The van der Waals surface area contributed by atoms with Crippen molar-refractivity contribution in [2.45, 2.75) is 31.7 Å². The molecule has 1 N–H and O–H groups in total. The summed E-state index contributed by atoms with van der Waals surface area (Å²) >= 11 is 0. The lowest BCUT2D eigenvalue weighted by Crippen LogP contribution is -2.57. The number of sulfone groups is 1. The van der Waals surface area contributed by atoms with E-state index >= 15 is 0 Å². The van der Waals surface area contributed by atoms with E-state index in [2.05, 4.69) is 22.4 Å². The van der Waals surface area contributed by atoms with Gasteiger partial charge in [-0.2, -0.15) is 0 Å². The maximum atomic E-state index is 12.1. The number of benzene rings is 1. The van der Waals surface area contributed by atoms with Gasteiger partial charge in [0.2, 0.25) is 0 Å². The number of ether oxygens (including phenoxy) is 1. The van der Waals surface area contributed by atoms with Crippen LogP contribution in [0.3, 0.4) is 0 Å². The van der Waals surface area contributed by atoms with Gasteiger partial charge in [0.25, 0.3) is 0 Å². The van der Waals surface area contributed by atoms with Crippen molar-refractivity contribution in [2.24, 2.45) is 4.99 Å². The van der Waals surface area contributed by atoms with Crippen molar-refractivity contribution in [2.75, 3.05) is 33.0 Å². The fourth-order valence-electron chi connectivity index (χ4n) is 2.76. The molecular weight excluding hydrogens is 453 g/mol. The molecular formula is C17H28IN3O3S. The molecule has 1 heterocycles. The minimum atomic E-state index is -3.05. The molecule has 0 aromatic heterocycles. The van der Waals surface area contributed by atoms with Gasteiger partial charge >= 0.3 is 0 Å². The van der Waals surface area contributed by atoms with E-state index in [1.807, 2.05) is 17.0 Å². The quantitative estimate of drug-likeness (QED) is 0.405. The Labute approximate surface area is 168 Å². The number of aliphatic imine (C=N–C) groups is 1. The number of methoxy groups -OCH3 is 1. The molecule has 1 aromatic rings. The summed E-state index contributed by atoms with van der Waals surface area (Å²) in [4.78, 5) is 6.32. The molecule has 0 spiro atoms. The van der Waals surface area contributed by atoms with Crippen molar-refractivity contribution in [3.63, 3.8) is 0 Å².